The number of amides is 1. The zero-order chi connectivity index (χ0) is 17.3. The summed E-state index contributed by atoms with van der Waals surface area (Å²) in [5.74, 6) is 0.417. The Morgan fingerprint density at radius 3 is 2.58 bits per heavy atom. The zero-order valence-corrected chi connectivity index (χ0v) is 14.3. The highest BCUT2D eigenvalue weighted by Crippen LogP contribution is 2.29. The molecule has 0 N–H and O–H groups in total. The molecule has 0 unspecified atom stereocenters. The van der Waals surface area contributed by atoms with Crippen LogP contribution in [0, 0.1) is 18.3 Å². The molecular weight excluding hydrogens is 322 g/mol. The van der Waals surface area contributed by atoms with Crippen LogP contribution in [0.2, 0.25) is 0 Å². The number of aryl methyl sites for hydroxylation is 2. The first kappa shape index (κ1) is 16.0. The fourth-order valence-corrected chi connectivity index (χ4v) is 3.56. The number of rotatable bonds is 2. The standard InChI is InChI=1S/C18H15N3O2S/c1-11-4-9-14(23-3)15-16(11)24-18(21(15)2)20-17(22)13-7-5-12(10-19)6-8-13/h4-9H,1-3H3. The fourth-order valence-electron chi connectivity index (χ4n) is 2.46. The third-order valence-corrected chi connectivity index (χ3v) is 5.05. The van der Waals surface area contributed by atoms with Gasteiger partial charge < -0.3 is 9.30 Å². The maximum Gasteiger partial charge on any atom is 0.279 e. The zero-order valence-electron chi connectivity index (χ0n) is 13.5. The summed E-state index contributed by atoms with van der Waals surface area (Å²) in [5.41, 5.74) is 3.00. The Bertz CT molecular complexity index is 1040. The van der Waals surface area contributed by atoms with Gasteiger partial charge in [0.1, 0.15) is 11.3 Å². The third-order valence-electron chi connectivity index (χ3n) is 3.79. The monoisotopic (exact) mass is 337 g/mol. The molecule has 6 heteroatoms. The van der Waals surface area contributed by atoms with Crippen molar-refractivity contribution in [3.8, 4) is 11.8 Å². The second-order valence-electron chi connectivity index (χ2n) is 5.31. The lowest BCUT2D eigenvalue weighted by Crippen LogP contribution is -2.13. The highest BCUT2D eigenvalue weighted by atomic mass is 32.1. The molecule has 0 saturated heterocycles. The summed E-state index contributed by atoms with van der Waals surface area (Å²) >= 11 is 1.45. The van der Waals surface area contributed by atoms with E-state index in [1.165, 1.54) is 11.3 Å². The Balaban J connectivity index is 2.13. The molecule has 0 spiro atoms. The van der Waals surface area contributed by atoms with Crippen molar-refractivity contribution in [3.63, 3.8) is 0 Å². The number of carbonyl (C=O) groups is 1. The average molecular weight is 337 g/mol. The third kappa shape index (κ3) is 2.70. The summed E-state index contributed by atoms with van der Waals surface area (Å²) < 4.78 is 8.33. The van der Waals surface area contributed by atoms with Gasteiger partial charge in [0.25, 0.3) is 5.91 Å². The van der Waals surface area contributed by atoms with E-state index in [0.29, 0.717) is 15.9 Å². The van der Waals surface area contributed by atoms with Crippen LogP contribution in [-0.4, -0.2) is 17.6 Å². The van der Waals surface area contributed by atoms with Gasteiger partial charge in [0.05, 0.1) is 23.4 Å². The maximum absolute atomic E-state index is 12.4. The molecule has 1 aromatic heterocycles. The van der Waals surface area contributed by atoms with Gasteiger partial charge in [-0.15, -0.1) is 0 Å². The minimum absolute atomic E-state index is 0.335. The minimum atomic E-state index is -0.335. The van der Waals surface area contributed by atoms with Crippen LogP contribution in [0.1, 0.15) is 21.5 Å². The molecule has 1 amide bonds. The lowest BCUT2D eigenvalue weighted by molar-refractivity contribution is 0.0998. The Kier molecular flexibility index (Phi) is 4.19. The normalized spacial score (nSPS) is 11.5. The van der Waals surface area contributed by atoms with E-state index in [1.54, 1.807) is 31.4 Å². The number of nitriles is 1. The fraction of sp³-hybridized carbons (Fsp3) is 0.167. The Morgan fingerprint density at radius 1 is 1.25 bits per heavy atom. The highest BCUT2D eigenvalue weighted by Gasteiger charge is 2.12. The summed E-state index contributed by atoms with van der Waals surface area (Å²) in [4.78, 5) is 17.2. The molecule has 0 radical (unpaired) electrons. The molecule has 0 fully saturated rings. The van der Waals surface area contributed by atoms with Crippen LogP contribution in [0.3, 0.4) is 0 Å². The smallest absolute Gasteiger partial charge is 0.279 e. The second kappa shape index (κ2) is 6.30. The van der Waals surface area contributed by atoms with Crippen LogP contribution >= 0.6 is 11.3 Å². The molecule has 0 bridgehead atoms. The van der Waals surface area contributed by atoms with Crippen molar-refractivity contribution in [3.05, 3.63) is 57.9 Å². The first-order valence-electron chi connectivity index (χ1n) is 7.27. The summed E-state index contributed by atoms with van der Waals surface area (Å²) in [5, 5.41) is 8.82. The van der Waals surface area contributed by atoms with E-state index in [4.69, 9.17) is 10.00 Å². The Morgan fingerprint density at radius 2 is 1.96 bits per heavy atom. The molecule has 0 aliphatic carbocycles. The molecule has 1 heterocycles. The molecule has 0 aliphatic rings. The van der Waals surface area contributed by atoms with Crippen molar-refractivity contribution in [2.24, 2.45) is 12.0 Å². The van der Waals surface area contributed by atoms with Gasteiger partial charge in [-0.25, -0.2) is 0 Å². The molecule has 120 valence electrons. The van der Waals surface area contributed by atoms with Crippen molar-refractivity contribution < 1.29 is 9.53 Å². The van der Waals surface area contributed by atoms with Gasteiger partial charge in [0.2, 0.25) is 0 Å². The maximum atomic E-state index is 12.4. The van der Waals surface area contributed by atoms with Crippen molar-refractivity contribution in [2.45, 2.75) is 6.92 Å². The van der Waals surface area contributed by atoms with Crippen LogP contribution in [0.4, 0.5) is 0 Å². The molecule has 3 rings (SSSR count). The first-order chi connectivity index (χ1) is 11.5. The second-order valence-corrected chi connectivity index (χ2v) is 6.29. The van der Waals surface area contributed by atoms with Crippen LogP contribution < -0.4 is 9.54 Å². The number of aromatic nitrogens is 1. The number of carbonyl (C=O) groups excluding carboxylic acids is 1. The molecular formula is C18H15N3O2S. The van der Waals surface area contributed by atoms with Gasteiger partial charge in [0.15, 0.2) is 4.80 Å². The van der Waals surface area contributed by atoms with Gasteiger partial charge in [-0.2, -0.15) is 10.3 Å². The Hall–Kier alpha value is -2.91. The largest absolute Gasteiger partial charge is 0.495 e. The number of fused-ring (bicyclic) bond motifs is 1. The van der Waals surface area contributed by atoms with E-state index in [9.17, 15) is 4.79 Å². The van der Waals surface area contributed by atoms with Crippen molar-refractivity contribution in [1.82, 2.24) is 4.57 Å². The van der Waals surface area contributed by atoms with Crippen molar-refractivity contribution in [2.75, 3.05) is 7.11 Å². The Labute approximate surface area is 143 Å². The van der Waals surface area contributed by atoms with E-state index >= 15 is 0 Å². The van der Waals surface area contributed by atoms with Gasteiger partial charge in [-0.3, -0.25) is 4.79 Å². The van der Waals surface area contributed by atoms with E-state index in [1.807, 2.05) is 36.7 Å². The number of nitrogens with zero attached hydrogens (tertiary/aromatic N) is 3. The SMILES string of the molecule is COc1ccc(C)c2sc(=NC(=O)c3ccc(C#N)cc3)n(C)c12. The van der Waals surface area contributed by atoms with Crippen LogP contribution in [0.15, 0.2) is 41.4 Å². The quantitative estimate of drug-likeness (QED) is 0.721. The molecule has 2 aromatic carbocycles. The number of methoxy groups -OCH3 is 1. The number of hydrogen-bond donors (Lipinski definition) is 0. The number of thiazole rings is 1. The number of ether oxygens (including phenoxy) is 1. The van der Waals surface area contributed by atoms with E-state index in [-0.39, 0.29) is 5.91 Å². The van der Waals surface area contributed by atoms with Gasteiger partial charge in [-0.1, -0.05) is 17.4 Å². The van der Waals surface area contributed by atoms with Gasteiger partial charge in [-0.05, 0) is 42.8 Å². The summed E-state index contributed by atoms with van der Waals surface area (Å²) in [6, 6.07) is 12.4. The van der Waals surface area contributed by atoms with E-state index in [2.05, 4.69) is 4.99 Å². The molecule has 0 aliphatic heterocycles. The molecule has 24 heavy (non-hydrogen) atoms. The highest BCUT2D eigenvalue weighted by molar-refractivity contribution is 7.16. The van der Waals surface area contributed by atoms with Gasteiger partial charge in [0, 0.05) is 12.6 Å². The van der Waals surface area contributed by atoms with Gasteiger partial charge >= 0.3 is 0 Å². The lowest BCUT2D eigenvalue weighted by atomic mass is 10.1. The topological polar surface area (TPSA) is 67.4 Å². The number of hydrogen-bond acceptors (Lipinski definition) is 4. The average Bonchev–Trinajstić information content (AvgIpc) is 2.93. The van der Waals surface area contributed by atoms with E-state index < -0.39 is 0 Å². The predicted molar refractivity (Wildman–Crippen MR) is 93.1 cm³/mol. The van der Waals surface area contributed by atoms with Crippen LogP contribution in [-0.2, 0) is 7.05 Å². The molecule has 0 saturated carbocycles. The summed E-state index contributed by atoms with van der Waals surface area (Å²) in [6.45, 7) is 2.02. The van der Waals surface area contributed by atoms with Crippen LogP contribution in [0.25, 0.3) is 10.2 Å². The molecule has 0 atom stereocenters. The molecule has 3 aromatic rings. The lowest BCUT2D eigenvalue weighted by Gasteiger charge is -2.05. The first-order valence-corrected chi connectivity index (χ1v) is 8.09. The summed E-state index contributed by atoms with van der Waals surface area (Å²) in [7, 11) is 3.49. The van der Waals surface area contributed by atoms with Crippen molar-refractivity contribution >= 4 is 27.5 Å². The molecule has 5 nitrogen and oxygen atoms in total. The minimum Gasteiger partial charge on any atom is -0.495 e. The number of benzene rings is 2. The van der Waals surface area contributed by atoms with E-state index in [0.717, 1.165) is 21.5 Å². The van der Waals surface area contributed by atoms with Crippen LogP contribution in [0.5, 0.6) is 5.75 Å². The summed E-state index contributed by atoms with van der Waals surface area (Å²) in [6.07, 6.45) is 0. The van der Waals surface area contributed by atoms with Crippen molar-refractivity contribution in [1.29, 1.82) is 5.26 Å². The predicted octanol–water partition coefficient (Wildman–Crippen LogP) is 3.17.